The van der Waals surface area contributed by atoms with Crippen LogP contribution < -0.4 is 10.1 Å². The topological polar surface area (TPSA) is 21.3 Å². The first-order valence-corrected chi connectivity index (χ1v) is 3.55. The second kappa shape index (κ2) is 4.02. The van der Waals surface area contributed by atoms with Crippen LogP contribution in [0.2, 0.25) is 0 Å². The fourth-order valence-corrected chi connectivity index (χ4v) is 0.848. The van der Waals surface area contributed by atoms with Crippen molar-refractivity contribution in [2.75, 3.05) is 12.4 Å². The Labute approximate surface area is 73.3 Å². The first-order chi connectivity index (χ1) is 6.13. The van der Waals surface area contributed by atoms with Gasteiger partial charge in [-0.1, -0.05) is 0 Å². The molecule has 0 amide bonds. The normalized spacial score (nSPS) is 10.2. The average Bonchev–Trinajstić information content (AvgIpc) is 2.08. The van der Waals surface area contributed by atoms with E-state index in [0.717, 1.165) is 12.1 Å². The van der Waals surface area contributed by atoms with Gasteiger partial charge >= 0.3 is 6.61 Å². The zero-order chi connectivity index (χ0) is 9.84. The van der Waals surface area contributed by atoms with Crippen LogP contribution in [0.3, 0.4) is 0 Å². The van der Waals surface area contributed by atoms with E-state index in [1.807, 2.05) is 0 Å². The zero-order valence-electron chi connectivity index (χ0n) is 6.85. The van der Waals surface area contributed by atoms with Gasteiger partial charge in [0.2, 0.25) is 0 Å². The fourth-order valence-electron chi connectivity index (χ4n) is 0.848. The van der Waals surface area contributed by atoms with Gasteiger partial charge in [-0.25, -0.2) is 4.39 Å². The number of hydrogen-bond acceptors (Lipinski definition) is 2. The summed E-state index contributed by atoms with van der Waals surface area (Å²) in [5.74, 6) is -1.26. The van der Waals surface area contributed by atoms with E-state index in [0.29, 0.717) is 5.69 Å². The fraction of sp³-hybridized carbons (Fsp3) is 0.250. The molecule has 0 fully saturated rings. The molecule has 5 heteroatoms. The Hall–Kier alpha value is -1.39. The van der Waals surface area contributed by atoms with Crippen LogP contribution in [0.25, 0.3) is 0 Å². The van der Waals surface area contributed by atoms with Gasteiger partial charge in [-0.15, -0.1) is 0 Å². The van der Waals surface area contributed by atoms with E-state index in [9.17, 15) is 13.2 Å². The average molecular weight is 191 g/mol. The van der Waals surface area contributed by atoms with Gasteiger partial charge in [0.25, 0.3) is 0 Å². The molecular formula is C8H8F3NO. The second-order valence-electron chi connectivity index (χ2n) is 2.27. The van der Waals surface area contributed by atoms with Crippen molar-refractivity contribution in [3.63, 3.8) is 0 Å². The molecule has 0 spiro atoms. The number of hydrogen-bond donors (Lipinski definition) is 1. The van der Waals surface area contributed by atoms with Crippen molar-refractivity contribution in [3.05, 3.63) is 24.0 Å². The summed E-state index contributed by atoms with van der Waals surface area (Å²) in [6.07, 6.45) is 0. The molecule has 0 atom stereocenters. The van der Waals surface area contributed by atoms with Crippen LogP contribution in [0.1, 0.15) is 0 Å². The first-order valence-electron chi connectivity index (χ1n) is 3.55. The third-order valence-corrected chi connectivity index (χ3v) is 1.44. The molecule has 0 aromatic heterocycles. The summed E-state index contributed by atoms with van der Waals surface area (Å²) in [5.41, 5.74) is 0.499. The quantitative estimate of drug-likeness (QED) is 0.792. The summed E-state index contributed by atoms with van der Waals surface area (Å²) in [5, 5.41) is 2.67. The number of ether oxygens (including phenoxy) is 1. The van der Waals surface area contributed by atoms with Crippen LogP contribution in [0, 0.1) is 5.82 Å². The van der Waals surface area contributed by atoms with E-state index in [-0.39, 0.29) is 0 Å². The van der Waals surface area contributed by atoms with Gasteiger partial charge in [0.15, 0.2) is 11.6 Å². The van der Waals surface area contributed by atoms with Crippen molar-refractivity contribution in [1.29, 1.82) is 0 Å². The van der Waals surface area contributed by atoms with E-state index in [1.54, 1.807) is 7.05 Å². The first kappa shape index (κ1) is 9.70. The largest absolute Gasteiger partial charge is 0.432 e. The zero-order valence-corrected chi connectivity index (χ0v) is 6.85. The highest BCUT2D eigenvalue weighted by atomic mass is 19.3. The predicted octanol–water partition coefficient (Wildman–Crippen LogP) is 2.47. The van der Waals surface area contributed by atoms with Gasteiger partial charge in [-0.3, -0.25) is 0 Å². The molecule has 0 saturated heterocycles. The van der Waals surface area contributed by atoms with Gasteiger partial charge in [0, 0.05) is 18.8 Å². The molecule has 2 nitrogen and oxygen atoms in total. The minimum atomic E-state index is -3.00. The minimum absolute atomic E-state index is 0.450. The summed E-state index contributed by atoms with van der Waals surface area (Å²) < 4.78 is 40.2. The standard InChI is InChI=1S/C8H8F3NO/c1-12-5-2-3-7(6(9)4-5)13-8(10)11/h2-4,8,12H,1H3. The smallest absolute Gasteiger partial charge is 0.387 e. The number of rotatable bonds is 3. The molecule has 72 valence electrons. The van der Waals surface area contributed by atoms with Crippen molar-refractivity contribution in [3.8, 4) is 5.75 Å². The molecule has 1 aromatic rings. The van der Waals surface area contributed by atoms with Crippen LogP contribution >= 0.6 is 0 Å². The Balaban J connectivity index is 2.85. The van der Waals surface area contributed by atoms with Crippen molar-refractivity contribution >= 4 is 5.69 Å². The molecule has 0 aliphatic carbocycles. The second-order valence-corrected chi connectivity index (χ2v) is 2.27. The highest BCUT2D eigenvalue weighted by Gasteiger charge is 2.09. The number of halogens is 3. The molecule has 0 aliphatic rings. The lowest BCUT2D eigenvalue weighted by molar-refractivity contribution is -0.0521. The summed E-state index contributed by atoms with van der Waals surface area (Å²) in [4.78, 5) is 0. The Kier molecular flexibility index (Phi) is 3.00. The summed E-state index contributed by atoms with van der Waals surface area (Å²) in [6, 6.07) is 3.67. The Morgan fingerprint density at radius 3 is 2.54 bits per heavy atom. The maximum absolute atomic E-state index is 12.9. The van der Waals surface area contributed by atoms with Crippen molar-refractivity contribution in [2.24, 2.45) is 0 Å². The molecule has 1 rings (SSSR count). The van der Waals surface area contributed by atoms with Crippen LogP contribution in [0.15, 0.2) is 18.2 Å². The number of nitrogens with one attached hydrogen (secondary N) is 1. The van der Waals surface area contributed by atoms with E-state index < -0.39 is 18.2 Å². The van der Waals surface area contributed by atoms with E-state index in [4.69, 9.17) is 0 Å². The molecule has 0 radical (unpaired) electrons. The number of benzene rings is 1. The van der Waals surface area contributed by atoms with E-state index >= 15 is 0 Å². The molecule has 0 saturated carbocycles. The molecule has 0 unspecified atom stereocenters. The molecule has 1 N–H and O–H groups in total. The van der Waals surface area contributed by atoms with E-state index in [1.165, 1.54) is 6.07 Å². The van der Waals surface area contributed by atoms with Crippen LogP contribution in [-0.2, 0) is 0 Å². The Morgan fingerprint density at radius 1 is 1.38 bits per heavy atom. The monoisotopic (exact) mass is 191 g/mol. The SMILES string of the molecule is CNc1ccc(OC(F)F)c(F)c1. The highest BCUT2D eigenvalue weighted by Crippen LogP contribution is 2.22. The summed E-state index contributed by atoms with van der Waals surface area (Å²) in [6.45, 7) is -3.00. The van der Waals surface area contributed by atoms with Gasteiger partial charge in [-0.05, 0) is 12.1 Å². The molecule has 13 heavy (non-hydrogen) atoms. The lowest BCUT2D eigenvalue weighted by Gasteiger charge is -2.06. The van der Waals surface area contributed by atoms with Gasteiger partial charge in [0.1, 0.15) is 0 Å². The third-order valence-electron chi connectivity index (χ3n) is 1.44. The number of anilines is 1. The molecule has 0 aliphatic heterocycles. The Morgan fingerprint density at radius 2 is 2.08 bits per heavy atom. The van der Waals surface area contributed by atoms with Crippen LogP contribution in [0.5, 0.6) is 5.75 Å². The molecular weight excluding hydrogens is 183 g/mol. The Bertz CT molecular complexity index is 291. The van der Waals surface area contributed by atoms with Crippen LogP contribution in [0.4, 0.5) is 18.9 Å². The summed E-state index contributed by atoms with van der Waals surface area (Å²) >= 11 is 0. The molecule has 0 bridgehead atoms. The third kappa shape index (κ3) is 2.54. The minimum Gasteiger partial charge on any atom is -0.432 e. The van der Waals surface area contributed by atoms with Gasteiger partial charge < -0.3 is 10.1 Å². The molecule has 0 heterocycles. The maximum atomic E-state index is 12.9. The van der Waals surface area contributed by atoms with E-state index in [2.05, 4.69) is 10.1 Å². The highest BCUT2D eigenvalue weighted by molar-refractivity contribution is 5.46. The predicted molar refractivity (Wildman–Crippen MR) is 42.6 cm³/mol. The van der Waals surface area contributed by atoms with Crippen molar-refractivity contribution in [2.45, 2.75) is 6.61 Å². The van der Waals surface area contributed by atoms with Crippen LogP contribution in [-0.4, -0.2) is 13.7 Å². The summed E-state index contributed by atoms with van der Waals surface area (Å²) in [7, 11) is 1.60. The van der Waals surface area contributed by atoms with Crippen molar-refractivity contribution < 1.29 is 17.9 Å². The lowest BCUT2D eigenvalue weighted by Crippen LogP contribution is -2.03. The molecule has 1 aromatic carbocycles. The lowest BCUT2D eigenvalue weighted by atomic mass is 10.3. The maximum Gasteiger partial charge on any atom is 0.387 e. The number of alkyl halides is 2. The van der Waals surface area contributed by atoms with Gasteiger partial charge in [0.05, 0.1) is 0 Å². The van der Waals surface area contributed by atoms with Crippen molar-refractivity contribution in [1.82, 2.24) is 0 Å². The van der Waals surface area contributed by atoms with Gasteiger partial charge in [-0.2, -0.15) is 8.78 Å².